The molecular weight excluding hydrogens is 406 g/mol. The number of benzene rings is 2. The first-order valence-electron chi connectivity index (χ1n) is 12.4. The van der Waals surface area contributed by atoms with Crippen LogP contribution in [0.15, 0.2) is 36.5 Å². The van der Waals surface area contributed by atoms with Crippen molar-refractivity contribution in [2.45, 2.75) is 90.2 Å². The smallest absolute Gasteiger partial charge is 0.226 e. The average Bonchev–Trinajstić information content (AvgIpc) is 2.78. The average molecular weight is 444 g/mol. The van der Waals surface area contributed by atoms with Crippen molar-refractivity contribution < 1.29 is 5.11 Å². The first-order valence-corrected chi connectivity index (χ1v) is 12.4. The number of hydrogen-bond acceptors (Lipinski definition) is 4. The molecule has 5 rings (SSSR count). The minimum atomic E-state index is -0.324. The summed E-state index contributed by atoms with van der Waals surface area (Å²) in [5, 5.41) is 11.4. The van der Waals surface area contributed by atoms with Gasteiger partial charge in [-0.05, 0) is 84.2 Å². The predicted octanol–water partition coefficient (Wildman–Crippen LogP) is 6.30. The molecule has 1 N–H and O–H groups in total. The van der Waals surface area contributed by atoms with Crippen LogP contribution in [0.1, 0.15) is 77.0 Å². The predicted molar refractivity (Wildman–Crippen MR) is 137 cm³/mol. The van der Waals surface area contributed by atoms with Crippen molar-refractivity contribution in [1.82, 2.24) is 9.97 Å². The summed E-state index contributed by atoms with van der Waals surface area (Å²) in [6.45, 7) is 14.7. The van der Waals surface area contributed by atoms with Crippen molar-refractivity contribution in [3.8, 4) is 11.1 Å². The molecule has 2 unspecified atom stereocenters. The van der Waals surface area contributed by atoms with Gasteiger partial charge in [0.2, 0.25) is 5.95 Å². The number of fused-ring (bicyclic) bond motifs is 2. The van der Waals surface area contributed by atoms with Crippen molar-refractivity contribution in [1.29, 1.82) is 0 Å². The van der Waals surface area contributed by atoms with E-state index in [1.165, 1.54) is 40.7 Å². The summed E-state index contributed by atoms with van der Waals surface area (Å²) in [4.78, 5) is 11.7. The third-order valence-corrected chi connectivity index (χ3v) is 8.28. The number of aryl methyl sites for hydroxylation is 1. The minimum absolute atomic E-state index is 0.0351. The first kappa shape index (κ1) is 22.3. The van der Waals surface area contributed by atoms with E-state index in [1.807, 2.05) is 6.20 Å². The zero-order valence-electron chi connectivity index (χ0n) is 20.9. The molecule has 2 heterocycles. The van der Waals surface area contributed by atoms with Gasteiger partial charge in [-0.25, -0.2) is 9.97 Å². The molecule has 1 fully saturated rings. The molecule has 33 heavy (non-hydrogen) atoms. The van der Waals surface area contributed by atoms with Crippen molar-refractivity contribution in [2.24, 2.45) is 0 Å². The maximum Gasteiger partial charge on any atom is 0.226 e. The lowest BCUT2D eigenvalue weighted by Gasteiger charge is -2.42. The molecule has 0 radical (unpaired) electrons. The van der Waals surface area contributed by atoms with E-state index in [9.17, 15) is 5.11 Å². The molecule has 1 saturated heterocycles. The lowest BCUT2D eigenvalue weighted by Crippen LogP contribution is -2.47. The summed E-state index contributed by atoms with van der Waals surface area (Å²) < 4.78 is 0. The Labute approximate surface area is 198 Å². The largest absolute Gasteiger partial charge is 0.391 e. The van der Waals surface area contributed by atoms with Crippen molar-refractivity contribution in [3.05, 3.63) is 53.2 Å². The van der Waals surface area contributed by atoms with E-state index in [0.29, 0.717) is 0 Å². The molecule has 0 amide bonds. The monoisotopic (exact) mass is 443 g/mol. The summed E-state index contributed by atoms with van der Waals surface area (Å²) in [5.41, 5.74) is 8.17. The van der Waals surface area contributed by atoms with Crippen molar-refractivity contribution >= 4 is 16.9 Å². The highest BCUT2D eigenvalue weighted by Gasteiger charge is 2.37. The topological polar surface area (TPSA) is 49.2 Å². The van der Waals surface area contributed by atoms with Gasteiger partial charge >= 0.3 is 0 Å². The number of piperidine rings is 1. The van der Waals surface area contributed by atoms with Gasteiger partial charge in [-0.1, -0.05) is 52.0 Å². The Balaban J connectivity index is 1.59. The third kappa shape index (κ3) is 3.82. The van der Waals surface area contributed by atoms with Crippen LogP contribution in [-0.4, -0.2) is 33.8 Å². The molecule has 2 aliphatic rings. The van der Waals surface area contributed by atoms with Gasteiger partial charge in [0.1, 0.15) is 0 Å². The number of nitrogens with zero attached hydrogens (tertiary/aromatic N) is 3. The molecule has 1 aliphatic carbocycles. The van der Waals surface area contributed by atoms with E-state index >= 15 is 0 Å². The first-order chi connectivity index (χ1) is 15.6. The van der Waals surface area contributed by atoms with Gasteiger partial charge in [-0.2, -0.15) is 0 Å². The number of aliphatic hydroxyl groups is 1. The lowest BCUT2D eigenvalue weighted by atomic mass is 9.62. The Bertz CT molecular complexity index is 1210. The third-order valence-electron chi connectivity index (χ3n) is 8.28. The summed E-state index contributed by atoms with van der Waals surface area (Å²) in [6, 6.07) is 11.5. The Kier molecular flexibility index (Phi) is 5.28. The van der Waals surface area contributed by atoms with E-state index < -0.39 is 0 Å². The number of rotatable bonds is 2. The van der Waals surface area contributed by atoms with Crippen molar-refractivity contribution in [3.63, 3.8) is 0 Å². The number of hydrogen-bond donors (Lipinski definition) is 1. The number of aliphatic hydroxyl groups excluding tert-OH is 1. The zero-order chi connectivity index (χ0) is 23.5. The van der Waals surface area contributed by atoms with Crippen LogP contribution in [0.4, 0.5) is 5.95 Å². The molecule has 0 spiro atoms. The highest BCUT2D eigenvalue weighted by atomic mass is 16.3. The summed E-state index contributed by atoms with van der Waals surface area (Å²) in [7, 11) is 0. The fourth-order valence-corrected chi connectivity index (χ4v) is 5.76. The van der Waals surface area contributed by atoms with E-state index in [-0.39, 0.29) is 23.0 Å². The van der Waals surface area contributed by atoms with Crippen LogP contribution in [0, 0.1) is 6.92 Å². The van der Waals surface area contributed by atoms with Gasteiger partial charge in [0, 0.05) is 18.1 Å². The number of anilines is 1. The molecule has 0 bridgehead atoms. The second kappa shape index (κ2) is 7.80. The maximum atomic E-state index is 10.3. The van der Waals surface area contributed by atoms with Gasteiger partial charge in [0.15, 0.2) is 0 Å². The fraction of sp³-hybridized carbons (Fsp3) is 0.517. The Hall–Kier alpha value is -2.46. The molecule has 1 aliphatic heterocycles. The maximum absolute atomic E-state index is 10.3. The highest BCUT2D eigenvalue weighted by Crippen LogP contribution is 2.47. The van der Waals surface area contributed by atoms with E-state index in [2.05, 4.69) is 81.8 Å². The standard InChI is InChI=1S/C29H37N3O/c1-18-14-23-24(29(5,6)12-11-28(23,3)4)16-22(18)20-9-10-21-17-30-27(31-25(21)15-20)32-13-7-8-26(33)19(32)2/h9-10,14-17,19,26,33H,7-8,11-13H2,1-6H3. The van der Waals surface area contributed by atoms with E-state index in [0.717, 1.165) is 36.2 Å². The molecule has 1 aromatic heterocycles. The van der Waals surface area contributed by atoms with Gasteiger partial charge < -0.3 is 10.0 Å². The molecule has 4 nitrogen and oxygen atoms in total. The summed E-state index contributed by atoms with van der Waals surface area (Å²) in [5.74, 6) is 0.718. The fourth-order valence-electron chi connectivity index (χ4n) is 5.76. The van der Waals surface area contributed by atoms with Gasteiger partial charge in [0.25, 0.3) is 0 Å². The SMILES string of the molecule is Cc1cc2c(cc1-c1ccc3cnc(N4CCCC(O)C4C)nc3c1)C(C)(C)CCC2(C)C. The van der Waals surface area contributed by atoms with E-state index in [4.69, 9.17) is 4.98 Å². The normalized spacial score (nSPS) is 24.0. The summed E-state index contributed by atoms with van der Waals surface area (Å²) >= 11 is 0. The van der Waals surface area contributed by atoms with Gasteiger partial charge in [0.05, 0.1) is 17.7 Å². The quantitative estimate of drug-likeness (QED) is 0.505. The van der Waals surface area contributed by atoms with Crippen LogP contribution >= 0.6 is 0 Å². The number of aromatic nitrogens is 2. The summed E-state index contributed by atoms with van der Waals surface area (Å²) in [6.07, 6.45) is 5.85. The molecule has 4 heteroatoms. The molecular formula is C29H37N3O. The van der Waals surface area contributed by atoms with Gasteiger partial charge in [-0.15, -0.1) is 0 Å². The van der Waals surface area contributed by atoms with Crippen LogP contribution in [0.5, 0.6) is 0 Å². The Morgan fingerprint density at radius 3 is 2.42 bits per heavy atom. The Morgan fingerprint density at radius 2 is 1.70 bits per heavy atom. The zero-order valence-corrected chi connectivity index (χ0v) is 20.9. The second-order valence-corrected chi connectivity index (χ2v) is 11.6. The highest BCUT2D eigenvalue weighted by molar-refractivity contribution is 5.85. The Morgan fingerprint density at radius 1 is 1.00 bits per heavy atom. The van der Waals surface area contributed by atoms with Gasteiger partial charge in [-0.3, -0.25) is 0 Å². The molecule has 0 saturated carbocycles. The van der Waals surface area contributed by atoms with Crippen LogP contribution < -0.4 is 4.90 Å². The van der Waals surface area contributed by atoms with Crippen LogP contribution in [-0.2, 0) is 10.8 Å². The van der Waals surface area contributed by atoms with Crippen molar-refractivity contribution in [2.75, 3.05) is 11.4 Å². The molecule has 3 aromatic rings. The van der Waals surface area contributed by atoms with Crippen LogP contribution in [0.25, 0.3) is 22.0 Å². The van der Waals surface area contributed by atoms with Crippen LogP contribution in [0.2, 0.25) is 0 Å². The molecule has 2 atom stereocenters. The lowest BCUT2D eigenvalue weighted by molar-refractivity contribution is 0.119. The van der Waals surface area contributed by atoms with Crippen LogP contribution in [0.3, 0.4) is 0 Å². The molecule has 174 valence electrons. The van der Waals surface area contributed by atoms with E-state index in [1.54, 1.807) is 0 Å². The molecule has 2 aromatic carbocycles. The minimum Gasteiger partial charge on any atom is -0.391 e. The second-order valence-electron chi connectivity index (χ2n) is 11.6.